The highest BCUT2D eigenvalue weighted by atomic mass is 31.2. The third-order valence-corrected chi connectivity index (χ3v) is 12.0. The van der Waals surface area contributed by atoms with Gasteiger partial charge in [-0.05, 0) is 19.3 Å². The van der Waals surface area contributed by atoms with Crippen molar-refractivity contribution in [2.75, 3.05) is 40.9 Å². The van der Waals surface area contributed by atoms with Crippen molar-refractivity contribution in [3.05, 3.63) is 12.2 Å². The number of quaternary nitrogens is 1. The van der Waals surface area contributed by atoms with Crippen molar-refractivity contribution in [2.45, 2.75) is 244 Å². The van der Waals surface area contributed by atoms with Gasteiger partial charge in [0.25, 0.3) is 0 Å². The second-order valence-electron chi connectivity index (χ2n) is 17.8. The molecule has 0 saturated carbocycles. The molecule has 0 aliphatic carbocycles. The Morgan fingerprint density at radius 3 is 1.32 bits per heavy atom. The zero-order valence-electron chi connectivity index (χ0n) is 37.9. The third kappa shape index (κ3) is 41.4. The number of aliphatic hydroxyl groups excluding tert-OH is 1. The van der Waals surface area contributed by atoms with Crippen LogP contribution in [-0.2, 0) is 18.4 Å². The summed E-state index contributed by atoms with van der Waals surface area (Å²) in [6.07, 6.45) is 45.9. The number of aliphatic hydroxyl groups is 1. The van der Waals surface area contributed by atoms with E-state index in [1.807, 2.05) is 27.2 Å². The highest BCUT2D eigenvalue weighted by Gasteiger charge is 2.27. The Labute approximate surface area is 348 Å². The second kappa shape index (κ2) is 39.7. The molecular formula is C47H96N2O6P+. The van der Waals surface area contributed by atoms with Crippen molar-refractivity contribution < 1.29 is 32.9 Å². The van der Waals surface area contributed by atoms with E-state index in [2.05, 4.69) is 19.2 Å². The quantitative estimate of drug-likeness (QED) is 0.0245. The number of hydrogen-bond acceptors (Lipinski definition) is 5. The number of phosphoric ester groups is 1. The number of hydrogen-bond donors (Lipinski definition) is 3. The molecule has 0 aliphatic rings. The lowest BCUT2D eigenvalue weighted by molar-refractivity contribution is -0.870. The summed E-state index contributed by atoms with van der Waals surface area (Å²) in [4.78, 5) is 23.0. The van der Waals surface area contributed by atoms with Gasteiger partial charge in [0.1, 0.15) is 13.2 Å². The highest BCUT2D eigenvalue weighted by Crippen LogP contribution is 2.43. The zero-order valence-corrected chi connectivity index (χ0v) is 38.8. The molecule has 0 heterocycles. The molecule has 1 amide bonds. The standard InChI is InChI=1S/C47H95N2O6P/c1-6-8-10-12-14-16-17-18-19-20-21-22-23-24-25-26-27-28-29-30-31-33-34-36-38-40-46(50)45(44-55-56(52,53)54-43-42-49(3,4)5)48-47(51)41-39-37-35-32-15-13-11-9-7-2/h38,40,45-46,50H,6-37,39,41-44H2,1-5H3,(H-,48,51,52,53)/p+1/b40-38+. The van der Waals surface area contributed by atoms with Gasteiger partial charge < -0.3 is 19.8 Å². The number of nitrogens with zero attached hydrogens (tertiary/aromatic N) is 1. The van der Waals surface area contributed by atoms with Crippen LogP contribution < -0.4 is 5.32 Å². The predicted octanol–water partition coefficient (Wildman–Crippen LogP) is 13.5. The van der Waals surface area contributed by atoms with Gasteiger partial charge in [-0.15, -0.1) is 0 Å². The summed E-state index contributed by atoms with van der Waals surface area (Å²) < 4.78 is 23.5. The van der Waals surface area contributed by atoms with E-state index in [9.17, 15) is 19.4 Å². The van der Waals surface area contributed by atoms with E-state index in [1.54, 1.807) is 6.08 Å². The van der Waals surface area contributed by atoms with Crippen LogP contribution in [0.25, 0.3) is 0 Å². The number of carbonyl (C=O) groups excluding carboxylic acids is 1. The average molecular weight is 816 g/mol. The number of phosphoric acid groups is 1. The Balaban J connectivity index is 4.16. The first-order valence-corrected chi connectivity index (χ1v) is 25.6. The van der Waals surface area contributed by atoms with Crippen molar-refractivity contribution in [3.63, 3.8) is 0 Å². The summed E-state index contributed by atoms with van der Waals surface area (Å²) in [5, 5.41) is 13.8. The van der Waals surface area contributed by atoms with E-state index in [1.165, 1.54) is 180 Å². The summed E-state index contributed by atoms with van der Waals surface area (Å²) in [6.45, 7) is 4.81. The van der Waals surface area contributed by atoms with E-state index in [0.717, 1.165) is 32.1 Å². The second-order valence-corrected chi connectivity index (χ2v) is 19.3. The molecule has 3 N–H and O–H groups in total. The van der Waals surface area contributed by atoms with Crippen LogP contribution in [0.15, 0.2) is 12.2 Å². The molecule has 56 heavy (non-hydrogen) atoms. The van der Waals surface area contributed by atoms with Crippen LogP contribution in [0, 0.1) is 0 Å². The zero-order chi connectivity index (χ0) is 41.4. The minimum Gasteiger partial charge on any atom is -0.387 e. The lowest BCUT2D eigenvalue weighted by atomic mass is 10.0. The molecule has 0 radical (unpaired) electrons. The van der Waals surface area contributed by atoms with E-state index < -0.39 is 20.0 Å². The van der Waals surface area contributed by atoms with Crippen molar-refractivity contribution in [2.24, 2.45) is 0 Å². The van der Waals surface area contributed by atoms with Gasteiger partial charge >= 0.3 is 7.82 Å². The lowest BCUT2D eigenvalue weighted by Crippen LogP contribution is -2.45. The van der Waals surface area contributed by atoms with E-state index in [0.29, 0.717) is 17.4 Å². The molecule has 0 aromatic rings. The number of allylic oxidation sites excluding steroid dienone is 1. The van der Waals surface area contributed by atoms with E-state index in [4.69, 9.17) is 9.05 Å². The summed E-state index contributed by atoms with van der Waals surface area (Å²) in [6, 6.07) is -0.839. The first-order chi connectivity index (χ1) is 27.0. The maximum absolute atomic E-state index is 12.8. The monoisotopic (exact) mass is 816 g/mol. The summed E-state index contributed by atoms with van der Waals surface area (Å²) in [7, 11) is 1.58. The molecule has 0 rings (SSSR count). The number of rotatable bonds is 44. The Kier molecular flexibility index (Phi) is 39.1. The van der Waals surface area contributed by atoms with Crippen LogP contribution in [0.2, 0.25) is 0 Å². The fourth-order valence-corrected chi connectivity index (χ4v) is 7.90. The third-order valence-electron chi connectivity index (χ3n) is 11.0. The molecule has 0 fully saturated rings. The fourth-order valence-electron chi connectivity index (χ4n) is 7.16. The predicted molar refractivity (Wildman–Crippen MR) is 240 cm³/mol. The minimum atomic E-state index is -4.33. The van der Waals surface area contributed by atoms with Gasteiger partial charge in [-0.2, -0.15) is 0 Å². The van der Waals surface area contributed by atoms with Gasteiger partial charge in [0.05, 0.1) is 39.9 Å². The van der Waals surface area contributed by atoms with Crippen molar-refractivity contribution in [3.8, 4) is 0 Å². The topological polar surface area (TPSA) is 105 Å². The first-order valence-electron chi connectivity index (χ1n) is 24.1. The average Bonchev–Trinajstić information content (AvgIpc) is 3.15. The number of carbonyl (C=O) groups is 1. The molecule has 3 unspecified atom stereocenters. The van der Waals surface area contributed by atoms with Crippen molar-refractivity contribution in [1.29, 1.82) is 0 Å². The van der Waals surface area contributed by atoms with Gasteiger partial charge in [0, 0.05) is 6.42 Å². The van der Waals surface area contributed by atoms with Crippen LogP contribution in [0.4, 0.5) is 0 Å². The molecule has 0 bridgehead atoms. The molecule has 0 saturated heterocycles. The number of amides is 1. The maximum atomic E-state index is 12.8. The number of nitrogens with one attached hydrogen (secondary N) is 1. The molecule has 3 atom stereocenters. The normalized spacial score (nSPS) is 14.3. The van der Waals surface area contributed by atoms with Crippen LogP contribution in [-0.4, -0.2) is 73.4 Å². The summed E-state index contributed by atoms with van der Waals surface area (Å²) in [5.74, 6) is -0.178. The summed E-state index contributed by atoms with van der Waals surface area (Å²) >= 11 is 0. The van der Waals surface area contributed by atoms with E-state index in [-0.39, 0.29) is 19.1 Å². The van der Waals surface area contributed by atoms with Crippen LogP contribution in [0.3, 0.4) is 0 Å². The van der Waals surface area contributed by atoms with Crippen LogP contribution in [0.1, 0.15) is 232 Å². The molecule has 0 aromatic carbocycles. The SMILES string of the molecule is CCCCCCCCCCCCCCCCCCCCCCCCC/C=C/C(O)C(COP(=O)(O)OCC[N+](C)(C)C)NC(=O)CCCCCCCCCCC. The molecule has 0 spiro atoms. The van der Waals surface area contributed by atoms with Crippen molar-refractivity contribution in [1.82, 2.24) is 5.32 Å². The molecule has 0 aliphatic heterocycles. The summed E-state index contributed by atoms with van der Waals surface area (Å²) in [5.41, 5.74) is 0. The lowest BCUT2D eigenvalue weighted by Gasteiger charge is -2.25. The van der Waals surface area contributed by atoms with Crippen LogP contribution in [0.5, 0.6) is 0 Å². The molecule has 9 heteroatoms. The van der Waals surface area contributed by atoms with Gasteiger partial charge in [0.15, 0.2) is 0 Å². The van der Waals surface area contributed by atoms with Gasteiger partial charge in [-0.3, -0.25) is 13.8 Å². The molecule has 0 aromatic heterocycles. The number of unbranched alkanes of at least 4 members (excludes halogenated alkanes) is 31. The van der Waals surface area contributed by atoms with Gasteiger partial charge in [0.2, 0.25) is 5.91 Å². The number of likely N-dealkylation sites (N-methyl/N-ethyl adjacent to an activating group) is 1. The molecule has 334 valence electrons. The van der Waals surface area contributed by atoms with Crippen LogP contribution >= 0.6 is 7.82 Å². The van der Waals surface area contributed by atoms with E-state index >= 15 is 0 Å². The molecule has 8 nitrogen and oxygen atoms in total. The van der Waals surface area contributed by atoms with Gasteiger partial charge in [-0.25, -0.2) is 4.57 Å². The fraction of sp³-hybridized carbons (Fsp3) is 0.936. The Morgan fingerprint density at radius 2 is 0.946 bits per heavy atom. The minimum absolute atomic E-state index is 0.0644. The Morgan fingerprint density at radius 1 is 0.589 bits per heavy atom. The van der Waals surface area contributed by atoms with Crippen molar-refractivity contribution >= 4 is 13.7 Å². The Bertz CT molecular complexity index is 927. The first kappa shape index (κ1) is 55.2. The Hall–Kier alpha value is -0.760. The smallest absolute Gasteiger partial charge is 0.387 e. The maximum Gasteiger partial charge on any atom is 0.472 e. The van der Waals surface area contributed by atoms with Gasteiger partial charge in [-0.1, -0.05) is 219 Å². The highest BCUT2D eigenvalue weighted by molar-refractivity contribution is 7.47. The molecular weight excluding hydrogens is 719 g/mol. The largest absolute Gasteiger partial charge is 0.472 e.